The molecule has 8 nitrogen and oxygen atoms in total. The quantitative estimate of drug-likeness (QED) is 0.689. The molecule has 0 bridgehead atoms. The van der Waals surface area contributed by atoms with Crippen molar-refractivity contribution in [1.82, 2.24) is 29.8 Å². The van der Waals surface area contributed by atoms with Crippen molar-refractivity contribution >= 4 is 28.2 Å². The number of ether oxygens (including phenoxy) is 1. The van der Waals surface area contributed by atoms with Crippen molar-refractivity contribution in [2.45, 2.75) is 31.4 Å². The zero-order valence-electron chi connectivity index (χ0n) is 14.7. The number of hydrogen-bond donors (Lipinski definition) is 0. The van der Waals surface area contributed by atoms with E-state index in [1.54, 1.807) is 6.07 Å². The maximum Gasteiger partial charge on any atom is 0.296 e. The van der Waals surface area contributed by atoms with E-state index in [0.29, 0.717) is 35.3 Å². The number of rotatable bonds is 3. The molecule has 1 saturated carbocycles. The van der Waals surface area contributed by atoms with Crippen LogP contribution in [0.25, 0.3) is 16.6 Å². The highest BCUT2D eigenvalue weighted by molar-refractivity contribution is 6.34. The summed E-state index contributed by atoms with van der Waals surface area (Å²) in [6, 6.07) is 2.27. The molecule has 0 aromatic carbocycles. The van der Waals surface area contributed by atoms with Gasteiger partial charge >= 0.3 is 0 Å². The van der Waals surface area contributed by atoms with Gasteiger partial charge in [0.05, 0.1) is 29.6 Å². The number of hydrogen-bond acceptors (Lipinski definition) is 6. The lowest BCUT2D eigenvalue weighted by Gasteiger charge is -2.21. The Morgan fingerprint density at radius 2 is 2.15 bits per heavy atom. The van der Waals surface area contributed by atoms with Crippen molar-refractivity contribution in [3.8, 4) is 0 Å². The second kappa shape index (κ2) is 6.24. The minimum absolute atomic E-state index is 0.184. The van der Waals surface area contributed by atoms with E-state index in [0.717, 1.165) is 15.8 Å². The van der Waals surface area contributed by atoms with Gasteiger partial charge in [0.15, 0.2) is 5.52 Å². The molecule has 27 heavy (non-hydrogen) atoms. The van der Waals surface area contributed by atoms with Crippen LogP contribution in [-0.2, 0) is 11.8 Å². The summed E-state index contributed by atoms with van der Waals surface area (Å²) in [6.07, 6.45) is 8.82. The number of fused-ring (bicyclic) bond motifs is 1. The van der Waals surface area contributed by atoms with Crippen LogP contribution in [0, 0.1) is 0 Å². The minimum Gasteiger partial charge on any atom is -0.369 e. The van der Waals surface area contributed by atoms with Gasteiger partial charge in [-0.1, -0.05) is 16.8 Å². The van der Waals surface area contributed by atoms with Crippen LogP contribution in [0.4, 0.5) is 0 Å². The van der Waals surface area contributed by atoms with E-state index in [4.69, 9.17) is 16.3 Å². The summed E-state index contributed by atoms with van der Waals surface area (Å²) in [4.78, 5) is 16.9. The van der Waals surface area contributed by atoms with Crippen LogP contribution in [0.5, 0.6) is 0 Å². The zero-order chi connectivity index (χ0) is 18.5. The molecular weight excluding hydrogens is 368 g/mol. The fourth-order valence-electron chi connectivity index (χ4n) is 3.28. The van der Waals surface area contributed by atoms with Crippen molar-refractivity contribution in [3.63, 3.8) is 0 Å². The normalized spacial score (nSPS) is 20.1. The Bertz CT molecular complexity index is 1130. The first-order valence-electron chi connectivity index (χ1n) is 8.87. The largest absolute Gasteiger partial charge is 0.369 e. The van der Waals surface area contributed by atoms with Gasteiger partial charge in [0.2, 0.25) is 0 Å². The summed E-state index contributed by atoms with van der Waals surface area (Å²) < 4.78 is 9.08. The molecule has 3 aromatic rings. The smallest absolute Gasteiger partial charge is 0.296 e. The molecule has 1 aliphatic heterocycles. The van der Waals surface area contributed by atoms with Crippen molar-refractivity contribution in [2.24, 2.45) is 7.05 Å². The lowest BCUT2D eigenvalue weighted by molar-refractivity contribution is 0.0826. The Labute approximate surface area is 159 Å². The molecule has 0 spiro atoms. The maximum absolute atomic E-state index is 12.4. The molecule has 1 atom stereocenters. The van der Waals surface area contributed by atoms with E-state index < -0.39 is 0 Å². The van der Waals surface area contributed by atoms with Crippen molar-refractivity contribution in [2.75, 3.05) is 6.61 Å². The van der Waals surface area contributed by atoms with E-state index in [-0.39, 0.29) is 17.2 Å². The first-order valence-corrected chi connectivity index (χ1v) is 9.25. The van der Waals surface area contributed by atoms with Crippen molar-refractivity contribution < 1.29 is 4.74 Å². The lowest BCUT2D eigenvalue weighted by atomic mass is 10.0. The summed E-state index contributed by atoms with van der Waals surface area (Å²) in [6.45, 7) is 0.565. The molecule has 0 radical (unpaired) electrons. The van der Waals surface area contributed by atoms with E-state index in [1.807, 2.05) is 23.2 Å². The summed E-state index contributed by atoms with van der Waals surface area (Å²) in [5, 5.41) is 12.6. The SMILES string of the molecule is Cn1nnc2c(Cl)cc(C3=C[C@H](c4cnn(C5CC5)c4)OCC3)nc2c1=O. The predicted molar refractivity (Wildman–Crippen MR) is 99.4 cm³/mol. The van der Waals surface area contributed by atoms with E-state index in [1.165, 1.54) is 19.9 Å². The molecule has 4 heterocycles. The van der Waals surface area contributed by atoms with Gasteiger partial charge < -0.3 is 4.74 Å². The zero-order valence-corrected chi connectivity index (χ0v) is 15.4. The third kappa shape index (κ3) is 2.94. The van der Waals surface area contributed by atoms with Crippen LogP contribution in [0.15, 0.2) is 29.3 Å². The van der Waals surface area contributed by atoms with Crippen LogP contribution >= 0.6 is 11.6 Å². The minimum atomic E-state index is -0.321. The monoisotopic (exact) mass is 384 g/mol. The van der Waals surface area contributed by atoms with E-state index >= 15 is 0 Å². The molecule has 5 rings (SSSR count). The lowest BCUT2D eigenvalue weighted by Crippen LogP contribution is -2.22. The van der Waals surface area contributed by atoms with Crippen LogP contribution in [0.3, 0.4) is 0 Å². The Kier molecular flexibility index (Phi) is 3.84. The summed E-state index contributed by atoms with van der Waals surface area (Å²) in [5.41, 5.74) is 2.90. The Morgan fingerprint density at radius 3 is 2.96 bits per heavy atom. The van der Waals surface area contributed by atoms with Crippen molar-refractivity contribution in [3.05, 3.63) is 51.2 Å². The summed E-state index contributed by atoms with van der Waals surface area (Å²) >= 11 is 6.34. The van der Waals surface area contributed by atoms with E-state index in [9.17, 15) is 4.79 Å². The molecule has 0 unspecified atom stereocenters. The van der Waals surface area contributed by atoms with Crippen molar-refractivity contribution in [1.29, 1.82) is 0 Å². The highest BCUT2D eigenvalue weighted by atomic mass is 35.5. The topological polar surface area (TPSA) is 87.7 Å². The third-order valence-corrected chi connectivity index (χ3v) is 5.23. The summed E-state index contributed by atoms with van der Waals surface area (Å²) in [7, 11) is 1.54. The molecule has 1 aliphatic carbocycles. The Morgan fingerprint density at radius 1 is 1.30 bits per heavy atom. The molecule has 9 heteroatoms. The number of halogens is 1. The Balaban J connectivity index is 1.55. The number of aryl methyl sites for hydroxylation is 1. The highest BCUT2D eigenvalue weighted by Gasteiger charge is 2.26. The van der Waals surface area contributed by atoms with Gasteiger partial charge in [-0.25, -0.2) is 9.67 Å². The van der Waals surface area contributed by atoms with E-state index in [2.05, 4.69) is 20.4 Å². The van der Waals surface area contributed by atoms with Gasteiger partial charge in [0.25, 0.3) is 5.56 Å². The highest BCUT2D eigenvalue weighted by Crippen LogP contribution is 2.36. The molecule has 2 aliphatic rings. The predicted octanol–water partition coefficient (Wildman–Crippen LogP) is 2.45. The van der Waals surface area contributed by atoms with Gasteiger partial charge in [-0.15, -0.1) is 5.10 Å². The average Bonchev–Trinajstić information content (AvgIpc) is 3.41. The van der Waals surface area contributed by atoms with Gasteiger partial charge in [0, 0.05) is 18.8 Å². The number of nitrogens with zero attached hydrogens (tertiary/aromatic N) is 6. The fourth-order valence-corrected chi connectivity index (χ4v) is 3.51. The molecular formula is C18H17ClN6O2. The van der Waals surface area contributed by atoms with Crippen LogP contribution in [0.1, 0.15) is 42.7 Å². The molecule has 138 valence electrons. The molecule has 1 fully saturated rings. The fraction of sp³-hybridized carbons (Fsp3) is 0.389. The summed E-state index contributed by atoms with van der Waals surface area (Å²) in [5.74, 6) is 0. The van der Waals surface area contributed by atoms with Gasteiger partial charge in [-0.05, 0) is 37.0 Å². The second-order valence-corrected chi connectivity index (χ2v) is 7.33. The molecule has 0 saturated heterocycles. The Hall–Kier alpha value is -2.58. The van der Waals surface area contributed by atoms with Crippen LogP contribution in [-0.4, -0.2) is 36.4 Å². The molecule has 0 N–H and O–H groups in total. The van der Waals surface area contributed by atoms with Gasteiger partial charge in [0.1, 0.15) is 11.6 Å². The third-order valence-electron chi connectivity index (χ3n) is 4.94. The van der Waals surface area contributed by atoms with Gasteiger partial charge in [-0.2, -0.15) is 5.10 Å². The van der Waals surface area contributed by atoms with Crippen LogP contribution in [0.2, 0.25) is 5.02 Å². The number of pyridine rings is 1. The molecule has 0 amide bonds. The maximum atomic E-state index is 12.4. The first-order chi connectivity index (χ1) is 13.1. The van der Waals surface area contributed by atoms with Crippen LogP contribution < -0.4 is 5.56 Å². The average molecular weight is 385 g/mol. The van der Waals surface area contributed by atoms with Gasteiger partial charge in [-0.3, -0.25) is 9.48 Å². The number of aromatic nitrogens is 6. The molecule has 3 aromatic heterocycles. The standard InChI is InChI=1S/C18H17ClN6O2/c1-24-18(26)17-16(22-23-24)13(19)7-14(21-17)10-4-5-27-15(6-10)11-8-20-25(9-11)12-2-3-12/h6-9,12,15H,2-5H2,1H3/t15-/m1/s1. The second-order valence-electron chi connectivity index (χ2n) is 6.92. The first kappa shape index (κ1) is 16.6.